The minimum absolute atomic E-state index is 0.0261. The fraction of sp³-hybridized carbons (Fsp3) is 0.409. The normalized spacial score (nSPS) is 15.4. The fourth-order valence-electron chi connectivity index (χ4n) is 3.63. The molecule has 2 aromatic rings. The number of amides is 1. The topological polar surface area (TPSA) is 78.5 Å². The third kappa shape index (κ3) is 6.69. The molecule has 1 heterocycles. The summed E-state index contributed by atoms with van der Waals surface area (Å²) >= 11 is 5.99. The molecule has 2 aromatic carbocycles. The zero-order valence-electron chi connectivity index (χ0n) is 18.0. The summed E-state index contributed by atoms with van der Waals surface area (Å²) in [4.78, 5) is 14.8. The first-order chi connectivity index (χ1) is 15.5. The van der Waals surface area contributed by atoms with Gasteiger partial charge in [-0.05, 0) is 47.5 Å². The highest BCUT2D eigenvalue weighted by atomic mass is 35.5. The summed E-state index contributed by atoms with van der Waals surface area (Å²) in [6.07, 6.45) is -4.61. The van der Waals surface area contributed by atoms with Crippen LogP contribution in [-0.2, 0) is 29.1 Å². The van der Waals surface area contributed by atoms with Crippen molar-refractivity contribution < 1.29 is 26.4 Å². The minimum Gasteiger partial charge on any atom is -0.348 e. The number of alkyl halides is 3. The maximum absolute atomic E-state index is 13.5. The lowest BCUT2D eigenvalue weighted by Crippen LogP contribution is -2.42. The second kappa shape index (κ2) is 10.4. The van der Waals surface area contributed by atoms with Gasteiger partial charge in [-0.1, -0.05) is 18.5 Å². The van der Waals surface area contributed by atoms with Crippen molar-refractivity contribution >= 4 is 27.3 Å². The predicted octanol–water partition coefficient (Wildman–Crippen LogP) is 3.49. The van der Waals surface area contributed by atoms with Gasteiger partial charge in [-0.2, -0.15) is 13.2 Å². The molecule has 0 saturated carbocycles. The summed E-state index contributed by atoms with van der Waals surface area (Å²) in [5, 5.41) is 6.00. The molecule has 1 fully saturated rings. The van der Waals surface area contributed by atoms with E-state index < -0.39 is 27.5 Å². The lowest BCUT2D eigenvalue weighted by atomic mass is 10.0. The lowest BCUT2D eigenvalue weighted by molar-refractivity contribution is -0.137. The minimum atomic E-state index is -4.61. The molecule has 0 atom stereocenters. The van der Waals surface area contributed by atoms with Crippen molar-refractivity contribution in [1.29, 1.82) is 0 Å². The van der Waals surface area contributed by atoms with E-state index in [0.717, 1.165) is 25.2 Å². The molecule has 0 aliphatic carbocycles. The highest BCUT2D eigenvalue weighted by Gasteiger charge is 2.32. The Balaban J connectivity index is 1.85. The number of halogens is 4. The van der Waals surface area contributed by atoms with Crippen molar-refractivity contribution in [2.45, 2.75) is 31.1 Å². The molecule has 0 radical (unpaired) electrons. The smallest absolute Gasteiger partial charge is 0.348 e. The van der Waals surface area contributed by atoms with Crippen LogP contribution in [0.3, 0.4) is 0 Å². The van der Waals surface area contributed by atoms with Crippen LogP contribution in [0.5, 0.6) is 0 Å². The van der Waals surface area contributed by atoms with E-state index in [9.17, 15) is 26.4 Å². The molecule has 33 heavy (non-hydrogen) atoms. The number of hydrogen-bond donors (Lipinski definition) is 2. The Bertz CT molecular complexity index is 1120. The monoisotopic (exact) mass is 503 g/mol. The summed E-state index contributed by atoms with van der Waals surface area (Å²) in [5.74, 6) is -0.874. The maximum Gasteiger partial charge on any atom is 0.416 e. The zero-order valence-corrected chi connectivity index (χ0v) is 19.6. The predicted molar refractivity (Wildman–Crippen MR) is 120 cm³/mol. The Morgan fingerprint density at radius 3 is 2.48 bits per heavy atom. The molecule has 0 aromatic heterocycles. The fourth-order valence-corrected chi connectivity index (χ4v) is 4.94. The van der Waals surface area contributed by atoms with Gasteiger partial charge in [0.05, 0.1) is 16.2 Å². The first-order valence-corrected chi connectivity index (χ1v) is 12.5. The SMILES string of the molecule is CCS(=O)(=O)c1ccc(Cl)cc1CNC(=O)c1cc(CN2CCNCC2)cc(C(F)(F)F)c1. The third-order valence-electron chi connectivity index (χ3n) is 5.38. The molecule has 11 heteroatoms. The van der Waals surface area contributed by atoms with E-state index in [4.69, 9.17) is 11.6 Å². The van der Waals surface area contributed by atoms with Gasteiger partial charge in [0.15, 0.2) is 9.84 Å². The van der Waals surface area contributed by atoms with Gasteiger partial charge in [0.1, 0.15) is 0 Å². The van der Waals surface area contributed by atoms with E-state index in [1.54, 1.807) is 0 Å². The Kier molecular flexibility index (Phi) is 8.04. The molecule has 0 spiro atoms. The first kappa shape index (κ1) is 25.5. The van der Waals surface area contributed by atoms with Crippen molar-refractivity contribution in [1.82, 2.24) is 15.5 Å². The van der Waals surface area contributed by atoms with Crippen LogP contribution < -0.4 is 10.6 Å². The van der Waals surface area contributed by atoms with Crippen molar-refractivity contribution in [3.8, 4) is 0 Å². The Morgan fingerprint density at radius 2 is 1.85 bits per heavy atom. The van der Waals surface area contributed by atoms with Gasteiger partial charge < -0.3 is 10.6 Å². The molecule has 6 nitrogen and oxygen atoms in total. The van der Waals surface area contributed by atoms with Crippen LogP contribution in [-0.4, -0.2) is 51.2 Å². The van der Waals surface area contributed by atoms with E-state index in [2.05, 4.69) is 10.6 Å². The molecule has 0 bridgehead atoms. The number of rotatable bonds is 7. The molecular formula is C22H25ClF3N3O3S. The summed E-state index contributed by atoms with van der Waals surface area (Å²) in [6, 6.07) is 7.52. The average Bonchev–Trinajstić information content (AvgIpc) is 2.77. The average molecular weight is 504 g/mol. The quantitative estimate of drug-likeness (QED) is 0.605. The van der Waals surface area contributed by atoms with Crippen LogP contribution in [0.4, 0.5) is 13.2 Å². The molecule has 0 unspecified atom stereocenters. The number of carbonyl (C=O) groups is 1. The molecule has 1 aliphatic rings. The summed E-state index contributed by atoms with van der Waals surface area (Å²) < 4.78 is 65.1. The molecule has 1 amide bonds. The number of nitrogens with one attached hydrogen (secondary N) is 2. The van der Waals surface area contributed by atoms with Gasteiger partial charge in [-0.25, -0.2) is 8.42 Å². The Labute approximate surface area is 196 Å². The third-order valence-corrected chi connectivity index (χ3v) is 7.44. The first-order valence-electron chi connectivity index (χ1n) is 10.4. The van der Waals surface area contributed by atoms with Gasteiger partial charge in [0, 0.05) is 49.9 Å². The van der Waals surface area contributed by atoms with Crippen molar-refractivity contribution in [3.05, 3.63) is 63.7 Å². The van der Waals surface area contributed by atoms with Crippen LogP contribution in [0.1, 0.15) is 34.0 Å². The molecular weight excluding hydrogens is 479 g/mol. The second-order valence-electron chi connectivity index (χ2n) is 7.78. The van der Waals surface area contributed by atoms with Crippen LogP contribution in [0.2, 0.25) is 5.02 Å². The van der Waals surface area contributed by atoms with Gasteiger partial charge in [0.2, 0.25) is 0 Å². The Morgan fingerprint density at radius 1 is 1.15 bits per heavy atom. The lowest BCUT2D eigenvalue weighted by Gasteiger charge is -2.27. The number of piperazine rings is 1. The highest BCUT2D eigenvalue weighted by Crippen LogP contribution is 2.31. The van der Waals surface area contributed by atoms with Crippen molar-refractivity contribution in [3.63, 3.8) is 0 Å². The Hall–Kier alpha value is -2.14. The summed E-state index contributed by atoms with van der Waals surface area (Å²) in [5.41, 5.74) is -0.395. The molecule has 1 aliphatic heterocycles. The van der Waals surface area contributed by atoms with E-state index in [0.29, 0.717) is 25.2 Å². The number of sulfone groups is 1. The van der Waals surface area contributed by atoms with Crippen LogP contribution in [0.15, 0.2) is 41.3 Å². The largest absolute Gasteiger partial charge is 0.416 e. The van der Waals surface area contributed by atoms with E-state index in [1.807, 2.05) is 4.90 Å². The molecule has 3 rings (SSSR count). The van der Waals surface area contributed by atoms with E-state index in [1.165, 1.54) is 31.2 Å². The van der Waals surface area contributed by atoms with Crippen molar-refractivity contribution in [2.75, 3.05) is 31.9 Å². The second-order valence-corrected chi connectivity index (χ2v) is 10.5. The van der Waals surface area contributed by atoms with E-state index in [-0.39, 0.29) is 33.3 Å². The van der Waals surface area contributed by atoms with E-state index >= 15 is 0 Å². The number of carbonyl (C=O) groups excluding carboxylic acids is 1. The zero-order chi connectivity index (χ0) is 24.2. The summed E-state index contributed by atoms with van der Waals surface area (Å²) in [7, 11) is -3.58. The van der Waals surface area contributed by atoms with Crippen LogP contribution >= 0.6 is 11.6 Å². The maximum atomic E-state index is 13.5. The summed E-state index contributed by atoms with van der Waals surface area (Å²) in [6.45, 7) is 4.47. The molecule has 1 saturated heterocycles. The van der Waals surface area contributed by atoms with Gasteiger partial charge >= 0.3 is 6.18 Å². The molecule has 2 N–H and O–H groups in total. The van der Waals surface area contributed by atoms with Gasteiger partial charge in [-0.3, -0.25) is 9.69 Å². The number of hydrogen-bond acceptors (Lipinski definition) is 5. The van der Waals surface area contributed by atoms with Gasteiger partial charge in [0.25, 0.3) is 5.91 Å². The van der Waals surface area contributed by atoms with Gasteiger partial charge in [-0.15, -0.1) is 0 Å². The standard InChI is InChI=1S/C22H25ClF3N3O3S/c1-2-33(31,32)20-4-3-19(23)12-17(20)13-28-21(30)16-9-15(10-18(11-16)22(24,25)26)14-29-7-5-27-6-8-29/h3-4,9-12,27H,2,5-8,13-14H2,1H3,(H,28,30). The number of nitrogens with zero attached hydrogens (tertiary/aromatic N) is 1. The van der Waals surface area contributed by atoms with Crippen molar-refractivity contribution in [2.24, 2.45) is 0 Å². The highest BCUT2D eigenvalue weighted by molar-refractivity contribution is 7.91. The number of benzene rings is 2. The van der Waals surface area contributed by atoms with Crippen LogP contribution in [0.25, 0.3) is 0 Å². The molecule has 180 valence electrons. The van der Waals surface area contributed by atoms with Crippen LogP contribution in [0, 0.1) is 0 Å².